The van der Waals surface area contributed by atoms with Gasteiger partial charge in [-0.15, -0.1) is 0 Å². The second kappa shape index (κ2) is 14.8. The third kappa shape index (κ3) is 8.82. The Morgan fingerprint density at radius 1 is 0.959 bits per heavy atom. The zero-order chi connectivity index (χ0) is 35.3. The van der Waals surface area contributed by atoms with Gasteiger partial charge in [0.2, 0.25) is 6.29 Å². The first-order valence-corrected chi connectivity index (χ1v) is 17.0. The first kappa shape index (κ1) is 35.5. The molecule has 1 N–H and O–H groups in total. The predicted molar refractivity (Wildman–Crippen MR) is 185 cm³/mol. The fraction of sp³-hybridized carbons (Fsp3) is 0.474. The number of nitrogens with zero attached hydrogens (tertiary/aromatic N) is 2. The van der Waals surface area contributed by atoms with E-state index < -0.39 is 35.6 Å². The highest BCUT2D eigenvalue weighted by molar-refractivity contribution is 5.89. The number of carbonyl (C=O) groups is 4. The van der Waals surface area contributed by atoms with Gasteiger partial charge >= 0.3 is 24.1 Å². The molecule has 11 heteroatoms. The molecule has 1 saturated heterocycles. The van der Waals surface area contributed by atoms with Crippen molar-refractivity contribution in [2.45, 2.75) is 96.7 Å². The number of fused-ring (bicyclic) bond motifs is 1. The summed E-state index contributed by atoms with van der Waals surface area (Å²) >= 11 is 0. The van der Waals surface area contributed by atoms with Crippen molar-refractivity contribution >= 4 is 40.6 Å². The molecule has 5 rings (SSSR count). The van der Waals surface area contributed by atoms with E-state index in [4.69, 9.17) is 18.9 Å². The predicted octanol–water partition coefficient (Wildman–Crippen LogP) is 6.67. The van der Waals surface area contributed by atoms with E-state index in [0.29, 0.717) is 39.0 Å². The van der Waals surface area contributed by atoms with E-state index in [9.17, 15) is 19.2 Å². The summed E-state index contributed by atoms with van der Waals surface area (Å²) in [5.74, 6) is -0.940. The first-order valence-electron chi connectivity index (χ1n) is 17.0. The normalized spacial score (nSPS) is 17.8. The summed E-state index contributed by atoms with van der Waals surface area (Å²) in [7, 11) is 0. The van der Waals surface area contributed by atoms with Gasteiger partial charge in [0.25, 0.3) is 0 Å². The van der Waals surface area contributed by atoms with Crippen LogP contribution in [0.1, 0.15) is 78.0 Å². The second-order valence-electron chi connectivity index (χ2n) is 13.8. The molecule has 2 aliphatic rings. The summed E-state index contributed by atoms with van der Waals surface area (Å²) in [6.07, 6.45) is -0.825. The number of carbonyl (C=O) groups excluding carboxylic acids is 4. The quantitative estimate of drug-likeness (QED) is 0.135. The molecule has 11 nitrogen and oxygen atoms in total. The van der Waals surface area contributed by atoms with Crippen LogP contribution >= 0.6 is 0 Å². The third-order valence-corrected chi connectivity index (χ3v) is 8.83. The Morgan fingerprint density at radius 2 is 1.65 bits per heavy atom. The maximum Gasteiger partial charge on any atom is 0.413 e. The minimum absolute atomic E-state index is 0.208. The van der Waals surface area contributed by atoms with Crippen LogP contribution in [0.2, 0.25) is 0 Å². The maximum absolute atomic E-state index is 14.1. The van der Waals surface area contributed by atoms with E-state index in [2.05, 4.69) is 10.2 Å². The summed E-state index contributed by atoms with van der Waals surface area (Å²) in [6, 6.07) is 21.3. The Morgan fingerprint density at radius 3 is 2.33 bits per heavy atom. The lowest BCUT2D eigenvalue weighted by Crippen LogP contribution is -2.48. The number of benzene rings is 3. The van der Waals surface area contributed by atoms with Crippen molar-refractivity contribution in [3.63, 3.8) is 0 Å². The number of ether oxygens (including phenoxy) is 4. The molecule has 2 amide bonds. The van der Waals surface area contributed by atoms with Crippen LogP contribution in [-0.4, -0.2) is 72.2 Å². The molecule has 1 heterocycles. The highest BCUT2D eigenvalue weighted by Crippen LogP contribution is 2.38. The molecule has 0 radical (unpaired) electrons. The van der Waals surface area contributed by atoms with Crippen LogP contribution in [0.3, 0.4) is 0 Å². The minimum Gasteiger partial charge on any atom is -0.466 e. The third-order valence-electron chi connectivity index (χ3n) is 8.83. The van der Waals surface area contributed by atoms with Gasteiger partial charge in [-0.1, -0.05) is 54.6 Å². The summed E-state index contributed by atoms with van der Waals surface area (Å²) in [5.41, 5.74) is 0.901. The zero-order valence-corrected chi connectivity index (χ0v) is 29.2. The standard InChI is InChI=1S/C38H47N3O8/c1-7-46-33(42)23-27-15-17-29(18-16-27)40-22-19-30(24-40)41(25(2)31-14-10-12-28-11-8-9-13-32(28)31)36(45)48-26(3)47-34(43)38(20-21-38)39-35(44)49-37(4,5)6/h8-18,25-26,30H,7,19-24H2,1-6H3,(H,39,44)/t25-,26?,30+/m1/s1. The average Bonchev–Trinajstić information content (AvgIpc) is 3.66. The van der Waals surface area contributed by atoms with E-state index in [1.807, 2.05) is 73.7 Å². The molecule has 1 aliphatic heterocycles. The van der Waals surface area contributed by atoms with Crippen LogP contribution in [-0.2, 0) is 35.0 Å². The van der Waals surface area contributed by atoms with E-state index in [-0.39, 0.29) is 24.5 Å². The number of esters is 2. The van der Waals surface area contributed by atoms with E-state index in [0.717, 1.165) is 27.6 Å². The van der Waals surface area contributed by atoms with Gasteiger partial charge in [-0.25, -0.2) is 14.4 Å². The van der Waals surface area contributed by atoms with Gasteiger partial charge in [0.1, 0.15) is 11.1 Å². The average molecular weight is 674 g/mol. The molecule has 3 aromatic rings. The molecular weight excluding hydrogens is 626 g/mol. The maximum atomic E-state index is 14.1. The summed E-state index contributed by atoms with van der Waals surface area (Å²) in [5, 5.41) is 4.72. The van der Waals surface area contributed by atoms with Crippen LogP contribution < -0.4 is 10.2 Å². The van der Waals surface area contributed by atoms with Crippen molar-refractivity contribution in [3.05, 3.63) is 77.9 Å². The smallest absolute Gasteiger partial charge is 0.413 e. The van der Waals surface area contributed by atoms with Gasteiger partial charge in [0.05, 0.1) is 25.1 Å². The SMILES string of the molecule is CCOC(=O)Cc1ccc(N2CC[C@H](N(C(=O)OC(C)OC(=O)C3(NC(=O)OC(C)(C)C)CC3)[C@H](C)c3cccc4ccccc34)C2)cc1. The number of nitrogens with one attached hydrogen (secondary N) is 1. The van der Waals surface area contributed by atoms with Gasteiger partial charge in [-0.2, -0.15) is 0 Å². The van der Waals surface area contributed by atoms with Crippen LogP contribution in [0.5, 0.6) is 0 Å². The van der Waals surface area contributed by atoms with E-state index in [1.54, 1.807) is 32.6 Å². The number of alkyl carbamates (subject to hydrolysis) is 1. The monoisotopic (exact) mass is 673 g/mol. The molecule has 1 unspecified atom stereocenters. The molecule has 0 bridgehead atoms. The molecular formula is C38H47N3O8. The Kier molecular flexibility index (Phi) is 10.7. The molecule has 0 aromatic heterocycles. The van der Waals surface area contributed by atoms with Crippen LogP contribution in [0, 0.1) is 0 Å². The number of hydrogen-bond donors (Lipinski definition) is 1. The van der Waals surface area contributed by atoms with Crippen molar-refractivity contribution in [2.75, 3.05) is 24.6 Å². The van der Waals surface area contributed by atoms with Gasteiger partial charge in [-0.3, -0.25) is 9.69 Å². The summed E-state index contributed by atoms with van der Waals surface area (Å²) < 4.78 is 21.8. The van der Waals surface area contributed by atoms with Crippen molar-refractivity contribution < 1.29 is 38.1 Å². The molecule has 49 heavy (non-hydrogen) atoms. The summed E-state index contributed by atoms with van der Waals surface area (Å²) in [4.78, 5) is 55.5. The van der Waals surface area contributed by atoms with Gasteiger partial charge in [-0.05, 0) is 87.9 Å². The Labute approximate surface area is 287 Å². The minimum atomic E-state index is -1.20. The number of amides is 2. The largest absolute Gasteiger partial charge is 0.466 e. The topological polar surface area (TPSA) is 124 Å². The second-order valence-corrected chi connectivity index (χ2v) is 13.8. The number of rotatable bonds is 11. The fourth-order valence-corrected chi connectivity index (χ4v) is 6.29. The van der Waals surface area contributed by atoms with Crippen LogP contribution in [0.4, 0.5) is 15.3 Å². The number of hydrogen-bond acceptors (Lipinski definition) is 9. The summed E-state index contributed by atoms with van der Waals surface area (Å²) in [6.45, 7) is 12.1. The van der Waals surface area contributed by atoms with Crippen molar-refractivity contribution in [2.24, 2.45) is 0 Å². The lowest BCUT2D eigenvalue weighted by Gasteiger charge is -2.35. The van der Waals surface area contributed by atoms with E-state index in [1.165, 1.54) is 6.92 Å². The first-order chi connectivity index (χ1) is 23.3. The highest BCUT2D eigenvalue weighted by Gasteiger charge is 2.54. The van der Waals surface area contributed by atoms with Gasteiger partial charge in [0, 0.05) is 25.7 Å². The molecule has 3 atom stereocenters. The Hall–Kier alpha value is -4.80. The molecule has 262 valence electrons. The molecule has 0 spiro atoms. The Bertz CT molecular complexity index is 1660. The Balaban J connectivity index is 1.31. The highest BCUT2D eigenvalue weighted by atomic mass is 16.7. The molecule has 1 saturated carbocycles. The number of anilines is 1. The van der Waals surface area contributed by atoms with Gasteiger partial charge in [0.15, 0.2) is 0 Å². The lowest BCUT2D eigenvalue weighted by atomic mass is 9.97. The molecule has 3 aromatic carbocycles. The van der Waals surface area contributed by atoms with Crippen molar-refractivity contribution in [1.82, 2.24) is 10.2 Å². The zero-order valence-electron chi connectivity index (χ0n) is 29.2. The fourth-order valence-electron chi connectivity index (χ4n) is 6.29. The van der Waals surface area contributed by atoms with Crippen LogP contribution in [0.15, 0.2) is 66.7 Å². The van der Waals surface area contributed by atoms with Crippen molar-refractivity contribution in [1.29, 1.82) is 0 Å². The molecule has 1 aliphatic carbocycles. The lowest BCUT2D eigenvalue weighted by molar-refractivity contribution is -0.170. The molecule has 2 fully saturated rings. The van der Waals surface area contributed by atoms with E-state index >= 15 is 0 Å². The van der Waals surface area contributed by atoms with Gasteiger partial charge < -0.3 is 29.2 Å². The van der Waals surface area contributed by atoms with Crippen molar-refractivity contribution in [3.8, 4) is 0 Å². The van der Waals surface area contributed by atoms with Crippen LogP contribution in [0.25, 0.3) is 10.8 Å².